The second-order valence-corrected chi connectivity index (χ2v) is 5.57. The first-order valence-corrected chi connectivity index (χ1v) is 7.60. The van der Waals surface area contributed by atoms with E-state index >= 15 is 0 Å². The molecule has 1 amide bonds. The first-order valence-electron chi connectivity index (χ1n) is 7.19. The Balaban J connectivity index is 1.77. The molecule has 1 aliphatic heterocycles. The number of carboxylic acids is 1. The van der Waals surface area contributed by atoms with Crippen molar-refractivity contribution in [2.45, 2.75) is 6.42 Å². The quantitative estimate of drug-likeness (QED) is 0.665. The van der Waals surface area contributed by atoms with E-state index in [4.69, 9.17) is 22.1 Å². The summed E-state index contributed by atoms with van der Waals surface area (Å²) in [7, 11) is 1.58. The first kappa shape index (κ1) is 17.0. The molecule has 0 aliphatic carbocycles. The average Bonchev–Trinajstić information content (AvgIpc) is 2.89. The monoisotopic (exact) mass is 337 g/mol. The number of methoxy groups -OCH3 is 1. The number of nitrogens with one attached hydrogen (secondary N) is 2. The van der Waals surface area contributed by atoms with Gasteiger partial charge in [0.25, 0.3) is 0 Å². The largest absolute Gasteiger partial charge is 0.495 e. The van der Waals surface area contributed by atoms with Crippen LogP contribution in [0.2, 0.25) is 0 Å². The van der Waals surface area contributed by atoms with Gasteiger partial charge in [-0.2, -0.15) is 0 Å². The number of benzene rings is 1. The molecule has 1 atom stereocenters. The Hall–Kier alpha value is -2.35. The normalized spacial score (nSPS) is 17.0. The van der Waals surface area contributed by atoms with Crippen LogP contribution in [-0.4, -0.2) is 53.7 Å². The van der Waals surface area contributed by atoms with Crippen molar-refractivity contribution in [2.24, 2.45) is 5.92 Å². The summed E-state index contributed by atoms with van der Waals surface area (Å²) in [5.41, 5.74) is 0.746. The molecule has 1 heterocycles. The highest BCUT2D eigenvalue weighted by atomic mass is 32.1. The SMILES string of the molecule is COc1ccccc1NC(=S)NCCN1CC(C(=O)O)CC1=O. The van der Waals surface area contributed by atoms with Gasteiger partial charge in [-0.3, -0.25) is 9.59 Å². The van der Waals surface area contributed by atoms with Gasteiger partial charge in [0.05, 0.1) is 18.7 Å². The highest BCUT2D eigenvalue weighted by molar-refractivity contribution is 7.80. The topological polar surface area (TPSA) is 90.9 Å². The molecule has 1 aliphatic rings. The Kier molecular flexibility index (Phi) is 5.75. The number of carbonyl (C=O) groups is 2. The maximum atomic E-state index is 11.7. The Labute approximate surface area is 139 Å². The van der Waals surface area contributed by atoms with E-state index in [-0.39, 0.29) is 18.9 Å². The average molecular weight is 337 g/mol. The lowest BCUT2D eigenvalue weighted by atomic mass is 10.1. The predicted molar refractivity (Wildman–Crippen MR) is 89.5 cm³/mol. The van der Waals surface area contributed by atoms with Crippen LogP contribution in [0.4, 0.5) is 5.69 Å². The lowest BCUT2D eigenvalue weighted by Gasteiger charge is -2.18. The number of hydrogen-bond donors (Lipinski definition) is 3. The number of hydrogen-bond acceptors (Lipinski definition) is 4. The van der Waals surface area contributed by atoms with Gasteiger partial charge >= 0.3 is 5.97 Å². The van der Waals surface area contributed by atoms with Gasteiger partial charge in [-0.1, -0.05) is 12.1 Å². The van der Waals surface area contributed by atoms with E-state index in [9.17, 15) is 9.59 Å². The molecule has 124 valence electrons. The van der Waals surface area contributed by atoms with E-state index in [1.54, 1.807) is 7.11 Å². The third kappa shape index (κ3) is 4.56. The number of thiocarbonyl (C=S) groups is 1. The summed E-state index contributed by atoms with van der Waals surface area (Å²) in [5.74, 6) is -0.998. The third-order valence-electron chi connectivity index (χ3n) is 3.59. The molecule has 23 heavy (non-hydrogen) atoms. The van der Waals surface area contributed by atoms with Crippen molar-refractivity contribution < 1.29 is 19.4 Å². The van der Waals surface area contributed by atoms with Gasteiger partial charge in [0.15, 0.2) is 5.11 Å². The lowest BCUT2D eigenvalue weighted by molar-refractivity contribution is -0.141. The fourth-order valence-corrected chi connectivity index (χ4v) is 2.58. The Morgan fingerprint density at radius 1 is 1.48 bits per heavy atom. The number of amides is 1. The molecule has 0 radical (unpaired) electrons. The molecule has 2 rings (SSSR count). The Morgan fingerprint density at radius 2 is 2.22 bits per heavy atom. The summed E-state index contributed by atoms with van der Waals surface area (Å²) >= 11 is 5.20. The van der Waals surface area contributed by atoms with E-state index in [1.807, 2.05) is 24.3 Å². The van der Waals surface area contributed by atoms with Crippen LogP contribution in [0.25, 0.3) is 0 Å². The van der Waals surface area contributed by atoms with Crippen LogP contribution in [-0.2, 0) is 9.59 Å². The molecule has 1 aromatic carbocycles. The molecular weight excluding hydrogens is 318 g/mol. The van der Waals surface area contributed by atoms with Gasteiger partial charge in [-0.05, 0) is 24.4 Å². The molecule has 7 nitrogen and oxygen atoms in total. The van der Waals surface area contributed by atoms with E-state index in [0.717, 1.165) is 5.69 Å². The summed E-state index contributed by atoms with van der Waals surface area (Å²) in [4.78, 5) is 24.1. The van der Waals surface area contributed by atoms with Crippen molar-refractivity contribution in [3.8, 4) is 5.75 Å². The van der Waals surface area contributed by atoms with Crippen LogP contribution < -0.4 is 15.4 Å². The van der Waals surface area contributed by atoms with Gasteiger partial charge in [-0.15, -0.1) is 0 Å². The van der Waals surface area contributed by atoms with E-state index < -0.39 is 11.9 Å². The zero-order chi connectivity index (χ0) is 16.8. The highest BCUT2D eigenvalue weighted by Gasteiger charge is 2.33. The number of likely N-dealkylation sites (tertiary alicyclic amines) is 1. The molecule has 1 saturated heterocycles. The number of nitrogens with zero attached hydrogens (tertiary/aromatic N) is 1. The zero-order valence-corrected chi connectivity index (χ0v) is 13.6. The fourth-order valence-electron chi connectivity index (χ4n) is 2.37. The smallest absolute Gasteiger partial charge is 0.308 e. The molecular formula is C15H19N3O4S. The van der Waals surface area contributed by atoms with Crippen LogP contribution in [0, 0.1) is 5.92 Å². The number of carbonyl (C=O) groups excluding carboxylic acids is 1. The molecule has 1 aromatic rings. The third-order valence-corrected chi connectivity index (χ3v) is 3.83. The van der Waals surface area contributed by atoms with Crippen molar-refractivity contribution in [3.05, 3.63) is 24.3 Å². The van der Waals surface area contributed by atoms with Gasteiger partial charge in [-0.25, -0.2) is 0 Å². The standard InChI is InChI=1S/C15H19N3O4S/c1-22-12-5-3-2-4-11(12)17-15(23)16-6-7-18-9-10(14(20)21)8-13(18)19/h2-5,10H,6-9H2,1H3,(H,20,21)(H2,16,17,23). The van der Waals surface area contributed by atoms with E-state index in [1.165, 1.54) is 4.90 Å². The second-order valence-electron chi connectivity index (χ2n) is 5.16. The predicted octanol–water partition coefficient (Wildman–Crippen LogP) is 0.915. The van der Waals surface area contributed by atoms with Crippen LogP contribution in [0.5, 0.6) is 5.75 Å². The molecule has 0 saturated carbocycles. The molecule has 8 heteroatoms. The molecule has 1 unspecified atom stereocenters. The number of anilines is 1. The van der Waals surface area contributed by atoms with Gasteiger partial charge in [0.2, 0.25) is 5.91 Å². The van der Waals surface area contributed by atoms with Gasteiger partial charge < -0.3 is 25.4 Å². The lowest BCUT2D eigenvalue weighted by Crippen LogP contribution is -2.37. The fraction of sp³-hybridized carbons (Fsp3) is 0.400. The van der Waals surface area contributed by atoms with Gasteiger partial charge in [0.1, 0.15) is 5.75 Å². The minimum absolute atomic E-state index is 0.0687. The Bertz CT molecular complexity index is 608. The maximum absolute atomic E-state index is 11.7. The van der Waals surface area contributed by atoms with Crippen molar-refractivity contribution in [1.29, 1.82) is 0 Å². The number of ether oxygens (including phenoxy) is 1. The summed E-state index contributed by atoms with van der Waals surface area (Å²) < 4.78 is 5.22. The molecule has 0 bridgehead atoms. The minimum Gasteiger partial charge on any atom is -0.495 e. The van der Waals surface area contributed by atoms with Crippen LogP contribution >= 0.6 is 12.2 Å². The van der Waals surface area contributed by atoms with Crippen molar-refractivity contribution in [3.63, 3.8) is 0 Å². The molecule has 1 fully saturated rings. The number of para-hydroxylation sites is 2. The summed E-state index contributed by atoms with van der Waals surface area (Å²) in [6.45, 7) is 1.11. The summed E-state index contributed by atoms with van der Waals surface area (Å²) in [5, 5.41) is 15.4. The van der Waals surface area contributed by atoms with Crippen LogP contribution in [0.1, 0.15) is 6.42 Å². The zero-order valence-electron chi connectivity index (χ0n) is 12.7. The van der Waals surface area contributed by atoms with Crippen molar-refractivity contribution in [2.75, 3.05) is 32.1 Å². The van der Waals surface area contributed by atoms with Crippen LogP contribution in [0.3, 0.4) is 0 Å². The minimum atomic E-state index is -0.929. The highest BCUT2D eigenvalue weighted by Crippen LogP contribution is 2.22. The molecule has 0 aromatic heterocycles. The Morgan fingerprint density at radius 3 is 2.87 bits per heavy atom. The number of aliphatic carboxylic acids is 1. The second kappa shape index (κ2) is 7.77. The van der Waals surface area contributed by atoms with Crippen molar-refractivity contribution >= 4 is 34.9 Å². The first-order chi connectivity index (χ1) is 11.0. The summed E-state index contributed by atoms with van der Waals surface area (Å²) in [6, 6.07) is 7.38. The van der Waals surface area contributed by atoms with Crippen LogP contribution in [0.15, 0.2) is 24.3 Å². The summed E-state index contributed by atoms with van der Waals surface area (Å²) in [6.07, 6.45) is 0.0687. The van der Waals surface area contributed by atoms with E-state index in [0.29, 0.717) is 24.0 Å². The van der Waals surface area contributed by atoms with Gasteiger partial charge in [0, 0.05) is 26.1 Å². The maximum Gasteiger partial charge on any atom is 0.308 e. The number of rotatable bonds is 6. The van der Waals surface area contributed by atoms with Crippen molar-refractivity contribution in [1.82, 2.24) is 10.2 Å². The number of carboxylic acid groups (broad SMARTS) is 1. The molecule has 0 spiro atoms. The molecule has 3 N–H and O–H groups in total. The van der Waals surface area contributed by atoms with E-state index in [2.05, 4.69) is 10.6 Å².